The minimum atomic E-state index is 0.315. The van der Waals surface area contributed by atoms with Gasteiger partial charge in [0.15, 0.2) is 0 Å². The normalized spacial score (nSPS) is 22.0. The van der Waals surface area contributed by atoms with Crippen molar-refractivity contribution in [2.45, 2.75) is 45.1 Å². The molecule has 0 unspecified atom stereocenters. The van der Waals surface area contributed by atoms with Crippen molar-refractivity contribution in [2.24, 2.45) is 0 Å². The first-order chi connectivity index (χ1) is 11.8. The molecular formula is C22H27NO. The zero-order chi connectivity index (χ0) is 16.6. The Bertz CT molecular complexity index is 623. The fraction of sp³-hybridized carbons (Fsp3) is 0.364. The molecule has 1 fully saturated rings. The number of piperidine rings is 1. The lowest BCUT2D eigenvalue weighted by molar-refractivity contribution is -0.0234. The van der Waals surface area contributed by atoms with Crippen molar-refractivity contribution in [3.63, 3.8) is 0 Å². The van der Waals surface area contributed by atoms with Gasteiger partial charge in [0.25, 0.3) is 0 Å². The highest BCUT2D eigenvalue weighted by Crippen LogP contribution is 2.23. The highest BCUT2D eigenvalue weighted by atomic mass is 16.5. The average molecular weight is 321 g/mol. The van der Waals surface area contributed by atoms with Gasteiger partial charge in [0.05, 0.1) is 12.7 Å². The van der Waals surface area contributed by atoms with Gasteiger partial charge in [-0.2, -0.15) is 0 Å². The molecular weight excluding hydrogens is 294 g/mol. The quantitative estimate of drug-likeness (QED) is 0.708. The predicted octanol–water partition coefficient (Wildman–Crippen LogP) is 4.81. The molecule has 1 aliphatic heterocycles. The van der Waals surface area contributed by atoms with Gasteiger partial charge < -0.3 is 4.74 Å². The van der Waals surface area contributed by atoms with Crippen LogP contribution in [-0.4, -0.2) is 23.6 Å². The zero-order valence-corrected chi connectivity index (χ0v) is 14.5. The number of nitrogens with zero attached hydrogens (tertiary/aromatic N) is 1. The van der Waals surface area contributed by atoms with E-state index in [1.165, 1.54) is 11.1 Å². The first-order valence-corrected chi connectivity index (χ1v) is 8.91. The number of hydrogen-bond donors (Lipinski definition) is 0. The van der Waals surface area contributed by atoms with Crippen LogP contribution in [0.2, 0.25) is 0 Å². The largest absolute Gasteiger partial charge is 0.372 e. The van der Waals surface area contributed by atoms with Gasteiger partial charge in [-0.25, -0.2) is 0 Å². The molecule has 1 saturated heterocycles. The fourth-order valence-electron chi connectivity index (χ4n) is 3.39. The molecule has 0 amide bonds. The van der Waals surface area contributed by atoms with Crippen LogP contribution in [0.25, 0.3) is 0 Å². The van der Waals surface area contributed by atoms with Crippen molar-refractivity contribution < 1.29 is 4.74 Å². The second-order valence-electron chi connectivity index (χ2n) is 6.50. The van der Waals surface area contributed by atoms with Crippen LogP contribution in [0.3, 0.4) is 0 Å². The molecule has 2 aromatic carbocycles. The van der Waals surface area contributed by atoms with E-state index in [0.717, 1.165) is 25.9 Å². The fourth-order valence-corrected chi connectivity index (χ4v) is 3.39. The van der Waals surface area contributed by atoms with Gasteiger partial charge in [0.1, 0.15) is 0 Å². The Morgan fingerprint density at radius 2 is 1.62 bits per heavy atom. The predicted molar refractivity (Wildman–Crippen MR) is 99.7 cm³/mol. The minimum Gasteiger partial charge on any atom is -0.372 e. The molecule has 126 valence electrons. The monoisotopic (exact) mass is 321 g/mol. The van der Waals surface area contributed by atoms with Gasteiger partial charge in [-0.3, -0.25) is 4.90 Å². The Hall–Kier alpha value is -1.90. The minimum absolute atomic E-state index is 0.315. The Kier molecular flexibility index (Phi) is 6.22. The smallest absolute Gasteiger partial charge is 0.0721 e. The van der Waals surface area contributed by atoms with E-state index in [4.69, 9.17) is 4.74 Å². The summed E-state index contributed by atoms with van der Waals surface area (Å²) in [5.41, 5.74) is 2.62. The first-order valence-electron chi connectivity index (χ1n) is 8.91. The van der Waals surface area contributed by atoms with Gasteiger partial charge in [-0.05, 0) is 30.9 Å². The van der Waals surface area contributed by atoms with E-state index in [-0.39, 0.29) is 0 Å². The summed E-state index contributed by atoms with van der Waals surface area (Å²) in [7, 11) is 0. The van der Waals surface area contributed by atoms with Crippen molar-refractivity contribution in [2.75, 3.05) is 6.54 Å². The topological polar surface area (TPSA) is 12.5 Å². The molecule has 0 aliphatic carbocycles. The molecule has 0 spiro atoms. The third-order valence-electron chi connectivity index (χ3n) is 4.66. The molecule has 1 heterocycles. The number of ether oxygens (including phenoxy) is 1. The molecule has 0 aromatic heterocycles. The summed E-state index contributed by atoms with van der Waals surface area (Å²) in [6.45, 7) is 4.80. The van der Waals surface area contributed by atoms with E-state index < -0.39 is 0 Å². The highest BCUT2D eigenvalue weighted by Gasteiger charge is 2.27. The molecule has 2 heteroatoms. The molecule has 24 heavy (non-hydrogen) atoms. The van der Waals surface area contributed by atoms with Crippen molar-refractivity contribution in [1.82, 2.24) is 4.90 Å². The van der Waals surface area contributed by atoms with Crippen LogP contribution in [0, 0.1) is 0 Å². The molecule has 0 radical (unpaired) electrons. The third-order valence-corrected chi connectivity index (χ3v) is 4.66. The van der Waals surface area contributed by atoms with Crippen LogP contribution in [0.4, 0.5) is 0 Å². The summed E-state index contributed by atoms with van der Waals surface area (Å²) < 4.78 is 6.20. The summed E-state index contributed by atoms with van der Waals surface area (Å²) >= 11 is 0. The maximum atomic E-state index is 6.20. The van der Waals surface area contributed by atoms with Crippen LogP contribution in [-0.2, 0) is 17.9 Å². The van der Waals surface area contributed by atoms with Gasteiger partial charge in [0.2, 0.25) is 0 Å². The van der Waals surface area contributed by atoms with Crippen LogP contribution < -0.4 is 0 Å². The summed E-state index contributed by atoms with van der Waals surface area (Å²) in [4.78, 5) is 2.55. The molecule has 2 atom stereocenters. The van der Waals surface area contributed by atoms with E-state index in [2.05, 4.69) is 78.6 Å². The lowest BCUT2D eigenvalue weighted by Gasteiger charge is -2.38. The van der Waals surface area contributed by atoms with Crippen LogP contribution in [0.15, 0.2) is 72.8 Å². The van der Waals surface area contributed by atoms with Crippen molar-refractivity contribution in [1.29, 1.82) is 0 Å². The number of hydrogen-bond acceptors (Lipinski definition) is 2. The Labute approximate surface area is 145 Å². The number of benzene rings is 2. The maximum absolute atomic E-state index is 6.20. The lowest BCUT2D eigenvalue weighted by atomic mass is 9.98. The van der Waals surface area contributed by atoms with Crippen LogP contribution >= 0.6 is 0 Å². The molecule has 3 rings (SSSR count). The van der Waals surface area contributed by atoms with E-state index >= 15 is 0 Å². The summed E-state index contributed by atoms with van der Waals surface area (Å²) in [6.07, 6.45) is 7.11. The van der Waals surface area contributed by atoms with Gasteiger partial charge in [-0.15, -0.1) is 0 Å². The molecule has 0 N–H and O–H groups in total. The highest BCUT2D eigenvalue weighted by molar-refractivity contribution is 5.16. The van der Waals surface area contributed by atoms with E-state index in [9.17, 15) is 0 Å². The SMILES string of the molecule is CC=C[C@@H]1CC[C@H](OCc2ccccc2)CN1Cc1ccccc1. The van der Waals surface area contributed by atoms with Crippen molar-refractivity contribution in [3.05, 3.63) is 83.9 Å². The summed E-state index contributed by atoms with van der Waals surface area (Å²) in [5.74, 6) is 0. The second kappa shape index (κ2) is 8.81. The molecule has 2 nitrogen and oxygen atoms in total. The molecule has 0 bridgehead atoms. The molecule has 0 saturated carbocycles. The zero-order valence-electron chi connectivity index (χ0n) is 14.5. The maximum Gasteiger partial charge on any atom is 0.0721 e. The van der Waals surface area contributed by atoms with Crippen molar-refractivity contribution in [3.8, 4) is 0 Å². The lowest BCUT2D eigenvalue weighted by Crippen LogP contribution is -2.45. The van der Waals surface area contributed by atoms with Crippen LogP contribution in [0.5, 0.6) is 0 Å². The second-order valence-corrected chi connectivity index (χ2v) is 6.50. The van der Waals surface area contributed by atoms with Gasteiger partial charge in [-0.1, -0.05) is 72.8 Å². The Morgan fingerprint density at radius 3 is 2.29 bits per heavy atom. The van der Waals surface area contributed by atoms with E-state index in [1.54, 1.807) is 0 Å². The van der Waals surface area contributed by atoms with Crippen LogP contribution in [0.1, 0.15) is 30.9 Å². The number of allylic oxidation sites excluding steroid dienone is 1. The van der Waals surface area contributed by atoms with E-state index in [0.29, 0.717) is 18.8 Å². The molecule has 1 aliphatic rings. The third kappa shape index (κ3) is 4.80. The standard InChI is InChI=1S/C22H27NO/c1-2-9-21-14-15-22(24-18-20-12-7-4-8-13-20)17-23(21)16-19-10-5-3-6-11-19/h2-13,21-22H,14-18H2,1H3/t21-,22+/m1/s1. The average Bonchev–Trinajstić information content (AvgIpc) is 2.64. The van der Waals surface area contributed by atoms with E-state index in [1.807, 2.05) is 6.07 Å². The molecule has 2 aromatic rings. The Balaban J connectivity index is 1.60. The number of likely N-dealkylation sites (tertiary alicyclic amines) is 1. The van der Waals surface area contributed by atoms with Gasteiger partial charge in [0, 0.05) is 19.1 Å². The summed E-state index contributed by atoms with van der Waals surface area (Å²) in [5, 5.41) is 0. The number of rotatable bonds is 6. The summed E-state index contributed by atoms with van der Waals surface area (Å²) in [6, 6.07) is 21.7. The first kappa shape index (κ1) is 16.9. The van der Waals surface area contributed by atoms with Gasteiger partial charge >= 0.3 is 0 Å². The Morgan fingerprint density at radius 1 is 0.958 bits per heavy atom. The van der Waals surface area contributed by atoms with Crippen molar-refractivity contribution >= 4 is 0 Å².